The van der Waals surface area contributed by atoms with E-state index in [2.05, 4.69) is 66.8 Å². The Balaban J connectivity index is 3.23. The van der Waals surface area contributed by atoms with Crippen molar-refractivity contribution in [3.8, 4) is 11.5 Å². The minimum absolute atomic E-state index is 0.810. The van der Waals surface area contributed by atoms with E-state index in [0.717, 1.165) is 23.0 Å². The highest BCUT2D eigenvalue weighted by atomic mass is 79.9. The van der Waals surface area contributed by atoms with Gasteiger partial charge >= 0.3 is 0 Å². The van der Waals surface area contributed by atoms with Gasteiger partial charge in [-0.05, 0) is 66.8 Å². The molecule has 0 N–H and O–H groups in total. The molecule has 0 atom stereocenters. The van der Waals surface area contributed by atoms with Crippen LogP contribution in [0.2, 0.25) is 0 Å². The highest BCUT2D eigenvalue weighted by molar-refractivity contribution is 9.58. The van der Waals surface area contributed by atoms with Crippen molar-refractivity contribution < 1.29 is 9.47 Å². The zero-order valence-electron chi connectivity index (χ0n) is 13.0. The van der Waals surface area contributed by atoms with E-state index < -0.39 is 16.9 Å². The molecule has 0 amide bonds. The smallest absolute Gasteiger partial charge is 0.123 e. The quantitative estimate of drug-likeness (QED) is 0.576. The Morgan fingerprint density at radius 1 is 0.800 bits per heavy atom. The van der Waals surface area contributed by atoms with Gasteiger partial charge in [0.25, 0.3) is 0 Å². The molecule has 1 aromatic rings. The standard InChI is InChI=1S/C14H24Br2O2S2/c1-17-13-7-12(10-20(5,6)16)14(18-2)8-11(13)9-19(3,4)15/h7-8H,9-10H2,1-6H3. The molecule has 1 aromatic carbocycles. The van der Waals surface area contributed by atoms with Crippen LogP contribution in [0.1, 0.15) is 11.1 Å². The van der Waals surface area contributed by atoms with Crippen LogP contribution in [0.25, 0.3) is 0 Å². The molecule has 118 valence electrons. The normalized spacial score (nSPS) is 14.0. The highest BCUT2D eigenvalue weighted by Gasteiger charge is 2.18. The van der Waals surface area contributed by atoms with Crippen LogP contribution >= 0.6 is 46.5 Å². The first-order valence-corrected chi connectivity index (χ1v) is 15.0. The van der Waals surface area contributed by atoms with E-state index in [1.165, 1.54) is 11.1 Å². The van der Waals surface area contributed by atoms with Gasteiger partial charge in [-0.3, -0.25) is 0 Å². The van der Waals surface area contributed by atoms with Crippen molar-refractivity contribution in [1.29, 1.82) is 0 Å². The van der Waals surface area contributed by atoms with E-state index in [0.29, 0.717) is 0 Å². The lowest BCUT2D eigenvalue weighted by molar-refractivity contribution is 0.397. The molecule has 0 heterocycles. The fourth-order valence-corrected chi connectivity index (χ4v) is 5.40. The summed E-state index contributed by atoms with van der Waals surface area (Å²) in [6.07, 6.45) is 8.94. The Kier molecular flexibility index (Phi) is 6.63. The van der Waals surface area contributed by atoms with Crippen molar-refractivity contribution in [3.05, 3.63) is 23.3 Å². The number of hydrogen-bond acceptors (Lipinski definition) is 2. The lowest BCUT2D eigenvalue weighted by Crippen LogP contribution is -2.02. The molecule has 0 unspecified atom stereocenters. The number of benzene rings is 1. The molecular formula is C14H24Br2O2S2. The summed E-state index contributed by atoms with van der Waals surface area (Å²) < 4.78 is 11.2. The van der Waals surface area contributed by atoms with Crippen LogP contribution in [0.5, 0.6) is 11.5 Å². The monoisotopic (exact) mass is 446 g/mol. The van der Waals surface area contributed by atoms with Gasteiger partial charge in [-0.1, -0.05) is 0 Å². The van der Waals surface area contributed by atoms with Crippen LogP contribution in [-0.2, 0) is 11.5 Å². The summed E-state index contributed by atoms with van der Waals surface area (Å²) in [4.78, 5) is 0. The average molecular weight is 448 g/mol. The molecule has 20 heavy (non-hydrogen) atoms. The second kappa shape index (κ2) is 7.16. The first kappa shape index (κ1) is 18.5. The van der Waals surface area contributed by atoms with Crippen LogP contribution in [0.15, 0.2) is 12.1 Å². The molecule has 0 saturated carbocycles. The maximum atomic E-state index is 5.58. The Morgan fingerprint density at radius 2 is 1.10 bits per heavy atom. The SMILES string of the molecule is COc1cc(CS(C)(C)Br)c(OC)cc1CS(C)(C)Br. The van der Waals surface area contributed by atoms with Crippen LogP contribution in [-0.4, -0.2) is 39.2 Å². The summed E-state index contributed by atoms with van der Waals surface area (Å²) in [5, 5.41) is 0. The second-order valence-electron chi connectivity index (χ2n) is 5.57. The van der Waals surface area contributed by atoms with Gasteiger partial charge in [-0.2, -0.15) is 16.9 Å². The molecule has 0 fully saturated rings. The molecule has 0 saturated heterocycles. The van der Waals surface area contributed by atoms with Crippen LogP contribution in [0.4, 0.5) is 0 Å². The first-order chi connectivity index (χ1) is 9.05. The molecule has 0 aromatic heterocycles. The van der Waals surface area contributed by atoms with Gasteiger partial charge in [0, 0.05) is 22.6 Å². The van der Waals surface area contributed by atoms with Gasteiger partial charge < -0.3 is 9.47 Å². The lowest BCUT2D eigenvalue weighted by Gasteiger charge is -2.27. The van der Waals surface area contributed by atoms with Gasteiger partial charge in [-0.25, -0.2) is 0 Å². The van der Waals surface area contributed by atoms with E-state index in [-0.39, 0.29) is 0 Å². The topological polar surface area (TPSA) is 18.5 Å². The van der Waals surface area contributed by atoms with Crippen molar-refractivity contribution in [2.24, 2.45) is 0 Å². The summed E-state index contributed by atoms with van der Waals surface area (Å²) in [6, 6.07) is 4.25. The molecule has 0 bridgehead atoms. The van der Waals surface area contributed by atoms with Gasteiger partial charge in [0.15, 0.2) is 0 Å². The zero-order chi connectivity index (χ0) is 15.6. The van der Waals surface area contributed by atoms with Crippen LogP contribution < -0.4 is 9.47 Å². The Hall–Kier alpha value is 0.480. The number of halogens is 2. The molecule has 0 radical (unpaired) electrons. The third kappa shape index (κ3) is 6.08. The number of rotatable bonds is 6. The third-order valence-corrected chi connectivity index (χ3v) is 6.05. The predicted molar refractivity (Wildman–Crippen MR) is 104 cm³/mol. The number of ether oxygens (including phenoxy) is 2. The minimum Gasteiger partial charge on any atom is -0.496 e. The van der Waals surface area contributed by atoms with Gasteiger partial charge in [0.1, 0.15) is 11.5 Å². The maximum Gasteiger partial charge on any atom is 0.123 e. The van der Waals surface area contributed by atoms with Crippen molar-refractivity contribution in [2.75, 3.05) is 39.2 Å². The summed E-state index contributed by atoms with van der Waals surface area (Å²) >= 11 is 7.55. The van der Waals surface area contributed by atoms with Gasteiger partial charge in [0.05, 0.1) is 14.2 Å². The third-order valence-electron chi connectivity index (χ3n) is 2.68. The summed E-state index contributed by atoms with van der Waals surface area (Å²) in [6.45, 7) is 0. The lowest BCUT2D eigenvalue weighted by atomic mass is 10.1. The van der Waals surface area contributed by atoms with Gasteiger partial charge in [0.2, 0.25) is 0 Å². The molecule has 0 spiro atoms. The summed E-state index contributed by atoms with van der Waals surface area (Å²) in [7, 11) is 1.85. The fraction of sp³-hybridized carbons (Fsp3) is 0.571. The van der Waals surface area contributed by atoms with Crippen LogP contribution in [0, 0.1) is 0 Å². The number of hydrogen-bond donors (Lipinski definition) is 0. The first-order valence-electron chi connectivity index (χ1n) is 6.11. The summed E-state index contributed by atoms with van der Waals surface area (Å²) in [5.41, 5.74) is 2.40. The van der Waals surface area contributed by atoms with E-state index >= 15 is 0 Å². The predicted octanol–water partition coefficient (Wildman–Crippen LogP) is 5.45. The minimum atomic E-state index is -0.810. The Morgan fingerprint density at radius 3 is 1.30 bits per heavy atom. The van der Waals surface area contributed by atoms with E-state index in [4.69, 9.17) is 9.47 Å². The molecule has 0 aliphatic heterocycles. The van der Waals surface area contributed by atoms with Crippen molar-refractivity contribution in [2.45, 2.75) is 11.5 Å². The zero-order valence-corrected chi connectivity index (χ0v) is 17.8. The van der Waals surface area contributed by atoms with E-state index in [9.17, 15) is 0 Å². The molecule has 1 rings (SSSR count). The van der Waals surface area contributed by atoms with Crippen LogP contribution in [0.3, 0.4) is 0 Å². The average Bonchev–Trinajstić information content (AvgIpc) is 2.26. The largest absolute Gasteiger partial charge is 0.496 e. The molecule has 6 heteroatoms. The van der Waals surface area contributed by atoms with Crippen molar-refractivity contribution >= 4 is 46.5 Å². The highest BCUT2D eigenvalue weighted by Crippen LogP contribution is 2.55. The molecular weight excluding hydrogens is 424 g/mol. The van der Waals surface area contributed by atoms with Gasteiger partial charge in [-0.15, -0.1) is 0 Å². The number of methoxy groups -OCH3 is 2. The molecule has 0 aliphatic carbocycles. The molecule has 2 nitrogen and oxygen atoms in total. The Bertz CT molecular complexity index is 422. The molecule has 0 aliphatic rings. The summed E-state index contributed by atoms with van der Waals surface area (Å²) in [5.74, 6) is 3.85. The van der Waals surface area contributed by atoms with Crippen molar-refractivity contribution in [3.63, 3.8) is 0 Å². The van der Waals surface area contributed by atoms with E-state index in [1.54, 1.807) is 14.2 Å². The van der Waals surface area contributed by atoms with E-state index in [1.807, 2.05) is 0 Å². The maximum absolute atomic E-state index is 5.58. The second-order valence-corrected chi connectivity index (χ2v) is 22.3. The van der Waals surface area contributed by atoms with Crippen molar-refractivity contribution in [1.82, 2.24) is 0 Å². The fourth-order valence-electron chi connectivity index (χ4n) is 1.99. The Labute approximate surface area is 141 Å².